The lowest BCUT2D eigenvalue weighted by Gasteiger charge is -2.11. The monoisotopic (exact) mass is 1490 g/mol. The molecule has 0 bridgehead atoms. The van der Waals surface area contributed by atoms with Crippen LogP contribution in [0.2, 0.25) is 0 Å². The molecule has 0 spiro atoms. The van der Waals surface area contributed by atoms with Crippen LogP contribution in [0, 0.1) is 0 Å². The quantitative estimate of drug-likeness (QED) is 0.0160. The number of quaternary nitrogens is 4. The minimum absolute atomic E-state index is 0.417. The van der Waals surface area contributed by atoms with E-state index in [4.69, 9.17) is 37.9 Å². The Labute approximate surface area is 658 Å². The van der Waals surface area contributed by atoms with E-state index >= 15 is 0 Å². The second-order valence-electron chi connectivity index (χ2n) is 28.7. The van der Waals surface area contributed by atoms with Crippen molar-refractivity contribution in [2.45, 2.75) is 181 Å². The molecule has 9 aromatic rings. The number of nitrogens with two attached hydrogens (primary N) is 4. The van der Waals surface area contributed by atoms with E-state index in [0.29, 0.717) is 52.9 Å². The van der Waals surface area contributed by atoms with Crippen molar-refractivity contribution < 1.29 is 59.2 Å². The molecule has 0 aromatic heterocycles. The largest absolute Gasteiger partial charge is 0.494 e. The number of hydrogen-bond acceptors (Lipinski definition) is 10. The molecule has 14 nitrogen and oxygen atoms in total. The molecule has 14 heteroatoms. The molecule has 0 heterocycles. The summed E-state index contributed by atoms with van der Waals surface area (Å²) in [6.45, 7) is 23.6. The summed E-state index contributed by atoms with van der Waals surface area (Å²) < 4.78 is 47.4. The van der Waals surface area contributed by atoms with Crippen LogP contribution in [0.15, 0.2) is 244 Å². The summed E-state index contributed by atoms with van der Waals surface area (Å²) in [6.07, 6.45) is 24.2. The predicted octanol–water partition coefficient (Wildman–Crippen LogP) is 15.6. The maximum atomic E-state index is 6.01. The molecule has 10 N–H and O–H groups in total. The molecule has 0 saturated heterocycles. The van der Waals surface area contributed by atoms with E-state index in [1.165, 1.54) is 144 Å². The van der Waals surface area contributed by atoms with Crippen molar-refractivity contribution in [3.05, 3.63) is 310 Å². The molecule has 0 saturated carbocycles. The van der Waals surface area contributed by atoms with Crippen LogP contribution < -0.4 is 60.3 Å². The zero-order valence-electron chi connectivity index (χ0n) is 65.8. The van der Waals surface area contributed by atoms with Gasteiger partial charge in [0.05, 0.1) is 39.6 Å². The van der Waals surface area contributed by atoms with Crippen molar-refractivity contribution in [3.63, 3.8) is 0 Å². The van der Waals surface area contributed by atoms with Gasteiger partial charge in [0.2, 0.25) is 0 Å². The Balaban J connectivity index is 0.513. The normalized spacial score (nSPS) is 11.2. The van der Waals surface area contributed by atoms with Crippen molar-refractivity contribution in [2.24, 2.45) is 0 Å². The molecule has 110 heavy (non-hydrogen) atoms. The first-order valence-corrected chi connectivity index (χ1v) is 41.1. The zero-order valence-corrected chi connectivity index (χ0v) is 65.8. The SMILES string of the molecule is C=CCCCCCCCCCOc1ccc(C[NH2+]Cc2ccc(C[NH2+]Cc3ccc(CNCc4ccc(OCCOCCOc5cccc(OCCOCCOc6ccc(CNCc7ccc(C[NH2+]Cc8ccc(C[NH2+]Cc9ccc(OCCCCCCCCCC=C)cc9)cc8)cc7)cc6)c5)cc4)cc3)cc2)cc1. The maximum Gasteiger partial charge on any atom is 0.123 e. The first kappa shape index (κ1) is 85.0. The Bertz CT molecular complexity index is 3590. The van der Waals surface area contributed by atoms with Gasteiger partial charge in [0.1, 0.15) is 113 Å². The fraction of sp³-hybridized carbons (Fsp3) is 0.396. The van der Waals surface area contributed by atoms with Gasteiger partial charge in [-0.1, -0.05) is 204 Å². The third kappa shape index (κ3) is 36.6. The third-order valence-electron chi connectivity index (χ3n) is 19.6. The molecule has 0 aliphatic carbocycles. The van der Waals surface area contributed by atoms with Crippen molar-refractivity contribution in [2.75, 3.05) is 66.1 Å². The van der Waals surface area contributed by atoms with E-state index in [1.807, 2.05) is 60.7 Å². The highest BCUT2D eigenvalue weighted by molar-refractivity contribution is 5.34. The Kier molecular flexibility index (Phi) is 41.5. The van der Waals surface area contributed by atoms with E-state index in [-0.39, 0.29) is 0 Å². The van der Waals surface area contributed by atoms with Gasteiger partial charge in [-0.25, -0.2) is 0 Å². The number of unbranched alkanes of at least 4 members (excludes halogenated alkanes) is 14. The lowest BCUT2D eigenvalue weighted by molar-refractivity contribution is -0.686. The molecule has 0 atom stereocenters. The standard InChI is InChI=1S/C96H124N6O8/c1-3-5-7-9-11-13-15-17-19-56-105-91-48-40-87(41-49-91)75-99-71-83-32-24-79(25-33-83)67-97-69-81-28-36-85(37-29-81)73-101-77-89-44-52-93(53-45-89)107-62-58-103-60-64-109-95-22-21-23-96(66-95)110-65-61-104-59-63-108-94-54-46-90(47-55-94)78-102-74-86-38-30-82(31-39-86)70-98-68-80-26-34-84(35-27-80)72-100-76-88-42-50-92(51-43-88)106-57-20-18-16-14-12-10-8-6-4-2/h3-4,21-55,66,97-102H,1-2,5-20,56-65,67-78H2/p+4. The Morgan fingerprint density at radius 2 is 0.427 bits per heavy atom. The highest BCUT2D eigenvalue weighted by atomic mass is 16.6. The molecular formula is C96H128N6O8+4. The Hall–Kier alpha value is -9.06. The van der Waals surface area contributed by atoms with Gasteiger partial charge >= 0.3 is 0 Å². The van der Waals surface area contributed by atoms with Crippen molar-refractivity contribution >= 4 is 0 Å². The van der Waals surface area contributed by atoms with Gasteiger partial charge < -0.3 is 69.8 Å². The summed E-state index contributed by atoms with van der Waals surface area (Å²) in [6, 6.07) is 77.4. The van der Waals surface area contributed by atoms with Crippen LogP contribution in [0.1, 0.15) is 169 Å². The van der Waals surface area contributed by atoms with Crippen LogP contribution >= 0.6 is 0 Å². The summed E-state index contributed by atoms with van der Waals surface area (Å²) in [5.74, 6) is 5.03. The van der Waals surface area contributed by atoms with Gasteiger partial charge in [-0.05, 0) is 146 Å². The Morgan fingerprint density at radius 3 is 0.691 bits per heavy atom. The highest BCUT2D eigenvalue weighted by Crippen LogP contribution is 2.22. The second kappa shape index (κ2) is 53.7. The van der Waals surface area contributed by atoms with E-state index in [9.17, 15) is 0 Å². The molecule has 0 radical (unpaired) electrons. The topological polar surface area (TPSA) is 164 Å². The van der Waals surface area contributed by atoms with Gasteiger partial charge in [0, 0.05) is 76.8 Å². The summed E-state index contributed by atoms with van der Waals surface area (Å²) in [7, 11) is 0. The van der Waals surface area contributed by atoms with E-state index in [0.717, 1.165) is 152 Å². The van der Waals surface area contributed by atoms with Crippen molar-refractivity contribution in [1.82, 2.24) is 10.6 Å². The van der Waals surface area contributed by atoms with Crippen LogP contribution in [0.3, 0.4) is 0 Å². The zero-order chi connectivity index (χ0) is 76.0. The van der Waals surface area contributed by atoms with Gasteiger partial charge in [-0.3, -0.25) is 0 Å². The number of hydrogen-bond donors (Lipinski definition) is 6. The molecule has 9 aromatic carbocycles. The average molecular weight is 1490 g/mol. The summed E-state index contributed by atoms with van der Waals surface area (Å²) in [5, 5.41) is 16.7. The fourth-order valence-electron chi connectivity index (χ4n) is 13.0. The van der Waals surface area contributed by atoms with Crippen LogP contribution in [0.25, 0.3) is 0 Å². The van der Waals surface area contributed by atoms with Crippen molar-refractivity contribution in [1.29, 1.82) is 0 Å². The average Bonchev–Trinajstić information content (AvgIpc) is 0.912. The second-order valence-corrected chi connectivity index (χ2v) is 28.7. The van der Waals surface area contributed by atoms with E-state index in [2.05, 4.69) is 215 Å². The molecule has 586 valence electrons. The maximum absolute atomic E-state index is 6.01. The van der Waals surface area contributed by atoms with Crippen LogP contribution in [-0.4, -0.2) is 66.1 Å². The summed E-state index contributed by atoms with van der Waals surface area (Å²) >= 11 is 0. The van der Waals surface area contributed by atoms with Crippen LogP contribution in [0.5, 0.6) is 34.5 Å². The molecular weight excluding hydrogens is 1370 g/mol. The van der Waals surface area contributed by atoms with Gasteiger partial charge in [0.15, 0.2) is 0 Å². The lowest BCUT2D eigenvalue weighted by Crippen LogP contribution is -2.81. The van der Waals surface area contributed by atoms with Crippen LogP contribution in [0.4, 0.5) is 0 Å². The molecule has 0 unspecified atom stereocenters. The first-order chi connectivity index (χ1) is 54.5. The number of nitrogens with one attached hydrogen (secondary N) is 2. The summed E-state index contributed by atoms with van der Waals surface area (Å²) in [5.41, 5.74) is 15.6. The minimum atomic E-state index is 0.417. The van der Waals surface area contributed by atoms with E-state index < -0.39 is 0 Å². The number of rotatable bonds is 62. The lowest BCUT2D eigenvalue weighted by atomic mass is 10.1. The van der Waals surface area contributed by atoms with Gasteiger partial charge in [-0.2, -0.15) is 0 Å². The predicted molar refractivity (Wildman–Crippen MR) is 445 cm³/mol. The smallest absolute Gasteiger partial charge is 0.123 e. The number of allylic oxidation sites excluding steroid dienone is 2. The van der Waals surface area contributed by atoms with Crippen molar-refractivity contribution in [3.8, 4) is 34.5 Å². The Morgan fingerprint density at radius 1 is 0.218 bits per heavy atom. The minimum Gasteiger partial charge on any atom is -0.494 e. The fourth-order valence-corrected chi connectivity index (χ4v) is 13.0. The highest BCUT2D eigenvalue weighted by Gasteiger charge is 2.09. The molecule has 0 fully saturated rings. The molecule has 0 aliphatic rings. The van der Waals surface area contributed by atoms with Gasteiger partial charge in [0.25, 0.3) is 0 Å². The molecule has 0 amide bonds. The molecule has 0 aliphatic heterocycles. The first-order valence-electron chi connectivity index (χ1n) is 41.1. The van der Waals surface area contributed by atoms with Gasteiger partial charge in [-0.15, -0.1) is 13.2 Å². The molecule has 9 rings (SSSR count). The van der Waals surface area contributed by atoms with Crippen LogP contribution in [-0.2, 0) is 88.0 Å². The summed E-state index contributed by atoms with van der Waals surface area (Å²) in [4.78, 5) is 0. The number of ether oxygens (including phenoxy) is 8. The number of benzene rings is 9. The third-order valence-corrected chi connectivity index (χ3v) is 19.6. The van der Waals surface area contributed by atoms with E-state index in [1.54, 1.807) is 0 Å².